The quantitative estimate of drug-likeness (QED) is 0.767. The number of ether oxygens (including phenoxy) is 1. The molecule has 0 bridgehead atoms. The Hall–Kier alpha value is -0.760. The molecular weight excluding hydrogens is 216 g/mol. The number of hydrogen-bond donors (Lipinski definition) is 0. The molecule has 1 nitrogen and oxygen atoms in total. The average Bonchev–Trinajstić information content (AvgIpc) is 2.08. The SMILES string of the molecule is C=Cc1cc(Br)ccc1OCC. The van der Waals surface area contributed by atoms with Crippen molar-refractivity contribution < 1.29 is 4.74 Å². The summed E-state index contributed by atoms with van der Waals surface area (Å²) in [7, 11) is 0. The highest BCUT2D eigenvalue weighted by atomic mass is 79.9. The Morgan fingerprint density at radius 1 is 1.58 bits per heavy atom. The minimum Gasteiger partial charge on any atom is -0.493 e. The van der Waals surface area contributed by atoms with Gasteiger partial charge in [-0.05, 0) is 25.1 Å². The summed E-state index contributed by atoms with van der Waals surface area (Å²) in [6.45, 7) is 6.36. The van der Waals surface area contributed by atoms with Crippen LogP contribution in [0.15, 0.2) is 29.3 Å². The van der Waals surface area contributed by atoms with Gasteiger partial charge in [-0.3, -0.25) is 0 Å². The van der Waals surface area contributed by atoms with Crippen molar-refractivity contribution in [2.75, 3.05) is 6.61 Å². The van der Waals surface area contributed by atoms with Gasteiger partial charge in [0, 0.05) is 10.0 Å². The first-order chi connectivity index (χ1) is 5.77. The fraction of sp³-hybridized carbons (Fsp3) is 0.200. The van der Waals surface area contributed by atoms with Gasteiger partial charge < -0.3 is 4.74 Å². The largest absolute Gasteiger partial charge is 0.493 e. The van der Waals surface area contributed by atoms with Crippen LogP contribution in [-0.2, 0) is 0 Å². The van der Waals surface area contributed by atoms with E-state index in [-0.39, 0.29) is 0 Å². The van der Waals surface area contributed by atoms with Crippen molar-refractivity contribution in [3.8, 4) is 5.75 Å². The van der Waals surface area contributed by atoms with Gasteiger partial charge in [0.1, 0.15) is 5.75 Å². The van der Waals surface area contributed by atoms with Gasteiger partial charge >= 0.3 is 0 Å². The average molecular weight is 227 g/mol. The van der Waals surface area contributed by atoms with Crippen LogP contribution in [0.2, 0.25) is 0 Å². The van der Waals surface area contributed by atoms with Crippen molar-refractivity contribution in [1.82, 2.24) is 0 Å². The third-order valence-corrected chi connectivity index (χ3v) is 1.98. The molecule has 64 valence electrons. The van der Waals surface area contributed by atoms with Gasteiger partial charge in [-0.15, -0.1) is 0 Å². The van der Waals surface area contributed by atoms with Gasteiger partial charge in [0.05, 0.1) is 6.61 Å². The maximum Gasteiger partial charge on any atom is 0.126 e. The van der Waals surface area contributed by atoms with E-state index in [0.29, 0.717) is 6.61 Å². The van der Waals surface area contributed by atoms with Crippen LogP contribution in [0.25, 0.3) is 6.08 Å². The Morgan fingerprint density at radius 2 is 2.33 bits per heavy atom. The zero-order valence-corrected chi connectivity index (χ0v) is 8.60. The monoisotopic (exact) mass is 226 g/mol. The molecule has 0 N–H and O–H groups in total. The van der Waals surface area contributed by atoms with E-state index in [4.69, 9.17) is 4.74 Å². The second-order valence-corrected chi connectivity index (χ2v) is 3.23. The minimum atomic E-state index is 0.683. The molecule has 0 aliphatic carbocycles. The Kier molecular flexibility index (Phi) is 3.35. The summed E-state index contributed by atoms with van der Waals surface area (Å²) < 4.78 is 6.43. The second-order valence-electron chi connectivity index (χ2n) is 2.32. The smallest absolute Gasteiger partial charge is 0.126 e. The topological polar surface area (TPSA) is 9.23 Å². The molecule has 0 saturated heterocycles. The fourth-order valence-corrected chi connectivity index (χ4v) is 1.34. The van der Waals surface area contributed by atoms with E-state index in [9.17, 15) is 0 Å². The Morgan fingerprint density at radius 3 is 2.92 bits per heavy atom. The van der Waals surface area contributed by atoms with Crippen molar-refractivity contribution in [3.63, 3.8) is 0 Å². The van der Waals surface area contributed by atoms with Crippen molar-refractivity contribution in [3.05, 3.63) is 34.8 Å². The molecule has 0 fully saturated rings. The Labute approximate surface area is 81.2 Å². The van der Waals surface area contributed by atoms with Crippen molar-refractivity contribution >= 4 is 22.0 Å². The summed E-state index contributed by atoms with van der Waals surface area (Å²) >= 11 is 3.38. The molecule has 0 aromatic heterocycles. The molecule has 0 saturated carbocycles. The van der Waals surface area contributed by atoms with Crippen LogP contribution in [0.1, 0.15) is 12.5 Å². The molecule has 0 amide bonds. The molecule has 12 heavy (non-hydrogen) atoms. The molecule has 0 unspecified atom stereocenters. The van der Waals surface area contributed by atoms with E-state index in [1.807, 2.05) is 25.1 Å². The van der Waals surface area contributed by atoms with Crippen LogP contribution in [0.4, 0.5) is 0 Å². The lowest BCUT2D eigenvalue weighted by Gasteiger charge is -2.06. The predicted molar refractivity (Wildman–Crippen MR) is 55.4 cm³/mol. The van der Waals surface area contributed by atoms with Crippen LogP contribution < -0.4 is 4.74 Å². The van der Waals surface area contributed by atoms with Crippen LogP contribution >= 0.6 is 15.9 Å². The molecule has 1 aromatic carbocycles. The standard InChI is InChI=1S/C10H11BrO/c1-3-8-7-9(11)5-6-10(8)12-4-2/h3,5-7H,1,4H2,2H3. The highest BCUT2D eigenvalue weighted by Crippen LogP contribution is 2.23. The molecule has 0 aliphatic heterocycles. The number of benzene rings is 1. The maximum absolute atomic E-state index is 5.39. The van der Waals surface area contributed by atoms with E-state index in [1.165, 1.54) is 0 Å². The van der Waals surface area contributed by atoms with Gasteiger partial charge in [-0.1, -0.05) is 28.6 Å². The van der Waals surface area contributed by atoms with Crippen LogP contribution in [0.3, 0.4) is 0 Å². The molecule has 2 heteroatoms. The normalized spacial score (nSPS) is 9.50. The molecular formula is C10H11BrO. The van der Waals surface area contributed by atoms with Crippen LogP contribution in [0, 0.1) is 0 Å². The van der Waals surface area contributed by atoms with E-state index in [1.54, 1.807) is 6.08 Å². The summed E-state index contributed by atoms with van der Waals surface area (Å²) in [6, 6.07) is 5.88. The van der Waals surface area contributed by atoms with E-state index >= 15 is 0 Å². The predicted octanol–water partition coefficient (Wildman–Crippen LogP) is 3.49. The van der Waals surface area contributed by atoms with Crippen molar-refractivity contribution in [2.45, 2.75) is 6.92 Å². The fourth-order valence-electron chi connectivity index (χ4n) is 0.966. The summed E-state index contributed by atoms with van der Waals surface area (Å²) in [5.74, 6) is 0.885. The number of rotatable bonds is 3. The first kappa shape index (κ1) is 9.33. The van der Waals surface area contributed by atoms with Gasteiger partial charge in [-0.2, -0.15) is 0 Å². The van der Waals surface area contributed by atoms with Crippen molar-refractivity contribution in [1.29, 1.82) is 0 Å². The second kappa shape index (κ2) is 4.31. The maximum atomic E-state index is 5.39. The molecule has 0 spiro atoms. The first-order valence-corrected chi connectivity index (χ1v) is 4.62. The van der Waals surface area contributed by atoms with Gasteiger partial charge in [0.25, 0.3) is 0 Å². The lowest BCUT2D eigenvalue weighted by molar-refractivity contribution is 0.339. The first-order valence-electron chi connectivity index (χ1n) is 3.82. The summed E-state index contributed by atoms with van der Waals surface area (Å²) in [4.78, 5) is 0. The molecule has 0 radical (unpaired) electrons. The highest BCUT2D eigenvalue weighted by Gasteiger charge is 1.99. The van der Waals surface area contributed by atoms with Gasteiger partial charge in [0.15, 0.2) is 0 Å². The molecule has 0 aliphatic rings. The molecule has 1 aromatic rings. The van der Waals surface area contributed by atoms with Crippen LogP contribution in [-0.4, -0.2) is 6.61 Å². The number of hydrogen-bond acceptors (Lipinski definition) is 1. The zero-order valence-electron chi connectivity index (χ0n) is 7.01. The highest BCUT2D eigenvalue weighted by molar-refractivity contribution is 9.10. The van der Waals surface area contributed by atoms with Gasteiger partial charge in [-0.25, -0.2) is 0 Å². The Balaban J connectivity index is 3.02. The lowest BCUT2D eigenvalue weighted by Crippen LogP contribution is -1.93. The third kappa shape index (κ3) is 2.11. The van der Waals surface area contributed by atoms with Crippen LogP contribution in [0.5, 0.6) is 5.75 Å². The molecule has 1 rings (SSSR count). The number of halogens is 1. The lowest BCUT2D eigenvalue weighted by atomic mass is 10.2. The molecule has 0 atom stereocenters. The van der Waals surface area contributed by atoms with E-state index in [0.717, 1.165) is 15.8 Å². The van der Waals surface area contributed by atoms with E-state index in [2.05, 4.69) is 22.5 Å². The van der Waals surface area contributed by atoms with E-state index < -0.39 is 0 Å². The zero-order chi connectivity index (χ0) is 8.97. The summed E-state index contributed by atoms with van der Waals surface area (Å²) in [5, 5.41) is 0. The third-order valence-electron chi connectivity index (χ3n) is 1.49. The molecule has 0 heterocycles. The summed E-state index contributed by atoms with van der Waals surface area (Å²) in [5.41, 5.74) is 1.02. The minimum absolute atomic E-state index is 0.683. The Bertz CT molecular complexity index is 281. The summed E-state index contributed by atoms with van der Waals surface area (Å²) in [6.07, 6.45) is 1.79. The van der Waals surface area contributed by atoms with Gasteiger partial charge in [0.2, 0.25) is 0 Å². The van der Waals surface area contributed by atoms with Crippen molar-refractivity contribution in [2.24, 2.45) is 0 Å².